The van der Waals surface area contributed by atoms with Gasteiger partial charge in [0.2, 0.25) is 5.91 Å². The van der Waals surface area contributed by atoms with E-state index in [1.807, 2.05) is 31.2 Å². The first-order valence-corrected chi connectivity index (χ1v) is 8.89. The Hall–Kier alpha value is -2.16. The fourth-order valence-corrected chi connectivity index (χ4v) is 3.61. The Morgan fingerprint density at radius 1 is 1.32 bits per heavy atom. The van der Waals surface area contributed by atoms with E-state index in [0.717, 1.165) is 23.0 Å². The third-order valence-corrected chi connectivity index (χ3v) is 5.13. The standard InChI is InChI=1S/C17H19N3O4S/c1-11-14(20(23)8-7-18-11)6-9-24-13-4-2-12(3-5-13)10-15-16(21)19-17(22)25-15/h2-5,7-8,14-15,20H,6,9-10H2,1H3,(H,19,21,22). The van der Waals surface area contributed by atoms with Crippen molar-refractivity contribution >= 4 is 28.6 Å². The number of rotatable bonds is 6. The van der Waals surface area contributed by atoms with Crippen molar-refractivity contribution in [1.29, 1.82) is 0 Å². The fourth-order valence-electron chi connectivity index (χ4n) is 2.75. The van der Waals surface area contributed by atoms with E-state index >= 15 is 0 Å². The molecule has 3 atom stereocenters. The van der Waals surface area contributed by atoms with Gasteiger partial charge in [-0.2, -0.15) is 0 Å². The van der Waals surface area contributed by atoms with Crippen molar-refractivity contribution in [3.63, 3.8) is 0 Å². The van der Waals surface area contributed by atoms with Crippen LogP contribution in [0, 0.1) is 5.21 Å². The van der Waals surface area contributed by atoms with Crippen molar-refractivity contribution in [2.24, 2.45) is 4.99 Å². The van der Waals surface area contributed by atoms with Crippen LogP contribution in [0.3, 0.4) is 0 Å². The van der Waals surface area contributed by atoms with E-state index in [0.29, 0.717) is 25.2 Å². The van der Waals surface area contributed by atoms with Crippen molar-refractivity contribution in [3.8, 4) is 5.75 Å². The fraction of sp³-hybridized carbons (Fsp3) is 0.353. The molecule has 132 valence electrons. The molecular formula is C17H19N3O4S. The molecule has 3 unspecified atom stereocenters. The van der Waals surface area contributed by atoms with Crippen LogP contribution < -0.4 is 15.1 Å². The molecule has 0 aliphatic carbocycles. The van der Waals surface area contributed by atoms with Crippen LogP contribution in [0.25, 0.3) is 0 Å². The Morgan fingerprint density at radius 2 is 2.08 bits per heavy atom. The highest BCUT2D eigenvalue weighted by atomic mass is 32.2. The number of nitrogens with one attached hydrogen (secondary N) is 2. The minimum absolute atomic E-state index is 0.0633. The number of imide groups is 1. The summed E-state index contributed by atoms with van der Waals surface area (Å²) < 4.78 is 5.70. The molecule has 1 aromatic carbocycles. The first-order valence-electron chi connectivity index (χ1n) is 8.01. The van der Waals surface area contributed by atoms with Gasteiger partial charge in [0.15, 0.2) is 0 Å². The van der Waals surface area contributed by atoms with Crippen LogP contribution >= 0.6 is 11.8 Å². The van der Waals surface area contributed by atoms with Gasteiger partial charge in [-0.15, -0.1) is 0 Å². The third-order valence-electron chi connectivity index (χ3n) is 4.15. The van der Waals surface area contributed by atoms with Gasteiger partial charge >= 0.3 is 0 Å². The number of carbonyl (C=O) groups is 2. The summed E-state index contributed by atoms with van der Waals surface area (Å²) in [5.41, 5.74) is 1.78. The van der Waals surface area contributed by atoms with Crippen LogP contribution in [-0.2, 0) is 11.2 Å². The molecule has 1 saturated heterocycles. The van der Waals surface area contributed by atoms with Crippen LogP contribution in [0.1, 0.15) is 18.9 Å². The number of quaternary nitrogens is 1. The maximum Gasteiger partial charge on any atom is 0.286 e. The third kappa shape index (κ3) is 4.47. The Morgan fingerprint density at radius 3 is 2.72 bits per heavy atom. The summed E-state index contributed by atoms with van der Waals surface area (Å²) >= 11 is 1.02. The molecule has 8 heteroatoms. The zero-order chi connectivity index (χ0) is 17.8. The molecule has 3 rings (SSSR count). The summed E-state index contributed by atoms with van der Waals surface area (Å²) in [6.07, 6.45) is 4.11. The number of benzene rings is 1. The van der Waals surface area contributed by atoms with E-state index in [1.54, 1.807) is 0 Å². The lowest BCUT2D eigenvalue weighted by Gasteiger charge is -2.29. The van der Waals surface area contributed by atoms with E-state index in [4.69, 9.17) is 4.74 Å². The van der Waals surface area contributed by atoms with Crippen LogP contribution in [-0.4, -0.2) is 34.8 Å². The second-order valence-electron chi connectivity index (χ2n) is 5.91. The number of aliphatic imine (C=N–C) groups is 1. The molecule has 2 N–H and O–H groups in total. The number of hydrogen-bond donors (Lipinski definition) is 2. The molecule has 1 aromatic rings. The average Bonchev–Trinajstić information content (AvgIpc) is 2.89. The zero-order valence-electron chi connectivity index (χ0n) is 13.7. The van der Waals surface area contributed by atoms with Crippen LogP contribution in [0.2, 0.25) is 0 Å². The number of carbonyl (C=O) groups excluding carboxylic acids is 2. The van der Waals surface area contributed by atoms with Gasteiger partial charge in [-0.3, -0.25) is 19.9 Å². The van der Waals surface area contributed by atoms with Crippen molar-refractivity contribution in [3.05, 3.63) is 47.4 Å². The SMILES string of the molecule is CC1=NC=C[NH+]([O-])C1CCOc1ccc(CC2SC(=O)NC2=O)cc1. The van der Waals surface area contributed by atoms with E-state index in [2.05, 4.69) is 10.3 Å². The number of amides is 2. The second-order valence-corrected chi connectivity index (χ2v) is 7.09. The Labute approximate surface area is 149 Å². The normalized spacial score (nSPS) is 25.7. The van der Waals surface area contributed by atoms with Gasteiger partial charge in [0.25, 0.3) is 5.24 Å². The number of nitrogens with zero attached hydrogens (tertiary/aromatic N) is 1. The molecule has 2 amide bonds. The van der Waals surface area contributed by atoms with Gasteiger partial charge in [0.1, 0.15) is 18.0 Å². The first-order chi connectivity index (χ1) is 12.0. The maximum absolute atomic E-state index is 11.8. The minimum atomic E-state index is -0.369. The maximum atomic E-state index is 11.8. The van der Waals surface area contributed by atoms with Gasteiger partial charge in [-0.25, -0.2) is 0 Å². The van der Waals surface area contributed by atoms with Crippen LogP contribution in [0.4, 0.5) is 4.79 Å². The highest BCUT2D eigenvalue weighted by molar-refractivity contribution is 8.15. The molecule has 7 nitrogen and oxygen atoms in total. The summed E-state index contributed by atoms with van der Waals surface area (Å²) in [5.74, 6) is 0.468. The summed E-state index contributed by atoms with van der Waals surface area (Å²) in [6.45, 7) is 2.27. The smallest absolute Gasteiger partial charge is 0.286 e. The second kappa shape index (κ2) is 7.81. The minimum Gasteiger partial charge on any atom is -0.629 e. The van der Waals surface area contributed by atoms with Gasteiger partial charge in [0, 0.05) is 6.42 Å². The molecule has 0 radical (unpaired) electrons. The van der Waals surface area contributed by atoms with Gasteiger partial charge in [0.05, 0.1) is 23.8 Å². The number of ether oxygens (including phenoxy) is 1. The number of thioether (sulfide) groups is 1. The molecule has 25 heavy (non-hydrogen) atoms. The predicted octanol–water partition coefficient (Wildman–Crippen LogP) is 1.05. The number of hydroxylamine groups is 2. The molecule has 2 aliphatic rings. The van der Waals surface area contributed by atoms with Gasteiger partial charge in [-0.05, 0) is 31.0 Å². The summed E-state index contributed by atoms with van der Waals surface area (Å²) in [7, 11) is 0. The molecule has 0 spiro atoms. The van der Waals surface area contributed by atoms with Gasteiger partial charge < -0.3 is 15.0 Å². The zero-order valence-corrected chi connectivity index (χ0v) is 14.5. The molecule has 0 bridgehead atoms. The largest absolute Gasteiger partial charge is 0.629 e. The first kappa shape index (κ1) is 17.7. The van der Waals surface area contributed by atoms with Crippen molar-refractivity contribution in [2.45, 2.75) is 31.1 Å². The molecule has 0 saturated carbocycles. The highest BCUT2D eigenvalue weighted by Gasteiger charge is 2.31. The molecule has 1 fully saturated rings. The Bertz CT molecular complexity index is 717. The topological polar surface area (TPSA) is 95.3 Å². The van der Waals surface area contributed by atoms with E-state index in [9.17, 15) is 14.8 Å². The lowest BCUT2D eigenvalue weighted by molar-refractivity contribution is -0.810. The summed E-state index contributed by atoms with van der Waals surface area (Å²) in [5, 5.41) is 13.5. The lowest BCUT2D eigenvalue weighted by Crippen LogP contribution is -3.08. The molecular weight excluding hydrogens is 342 g/mol. The van der Waals surface area contributed by atoms with E-state index in [-0.39, 0.29) is 27.5 Å². The number of hydrogen-bond acceptors (Lipinski definition) is 6. The summed E-state index contributed by atoms with van der Waals surface area (Å²) in [6, 6.07) is 7.22. The highest BCUT2D eigenvalue weighted by Crippen LogP contribution is 2.23. The van der Waals surface area contributed by atoms with E-state index in [1.165, 1.54) is 12.4 Å². The molecule has 2 heterocycles. The lowest BCUT2D eigenvalue weighted by atomic mass is 10.1. The van der Waals surface area contributed by atoms with Crippen LogP contribution in [0.15, 0.2) is 41.7 Å². The molecule has 2 aliphatic heterocycles. The monoisotopic (exact) mass is 361 g/mol. The van der Waals surface area contributed by atoms with E-state index < -0.39 is 0 Å². The van der Waals surface area contributed by atoms with Crippen molar-refractivity contribution < 1.29 is 19.4 Å². The Kier molecular flexibility index (Phi) is 5.52. The Balaban J connectivity index is 1.48. The van der Waals surface area contributed by atoms with Crippen LogP contribution in [0.5, 0.6) is 5.75 Å². The average molecular weight is 361 g/mol. The van der Waals surface area contributed by atoms with Gasteiger partial charge in [-0.1, -0.05) is 23.9 Å². The van der Waals surface area contributed by atoms with Crippen molar-refractivity contribution in [2.75, 3.05) is 6.61 Å². The van der Waals surface area contributed by atoms with Crippen molar-refractivity contribution in [1.82, 2.24) is 5.32 Å². The predicted molar refractivity (Wildman–Crippen MR) is 95.5 cm³/mol. The molecule has 0 aromatic heterocycles. The summed E-state index contributed by atoms with van der Waals surface area (Å²) in [4.78, 5) is 26.9. The quantitative estimate of drug-likeness (QED) is 0.739.